The fourth-order valence-electron chi connectivity index (χ4n) is 2.15. The van der Waals surface area contributed by atoms with Crippen LogP contribution in [0, 0.1) is 0 Å². The second kappa shape index (κ2) is 8.07. The van der Waals surface area contributed by atoms with Gasteiger partial charge in [-0.05, 0) is 12.8 Å². The van der Waals surface area contributed by atoms with Crippen molar-refractivity contribution in [3.05, 3.63) is 25.3 Å². The van der Waals surface area contributed by atoms with Gasteiger partial charge in [-0.3, -0.25) is 4.90 Å². The van der Waals surface area contributed by atoms with Gasteiger partial charge in [0.2, 0.25) is 0 Å². The van der Waals surface area contributed by atoms with Gasteiger partial charge >= 0.3 is 0 Å². The van der Waals surface area contributed by atoms with E-state index in [0.717, 1.165) is 19.1 Å². The fraction of sp³-hybridized carbons (Fsp3) is 0.667. The molecule has 1 rings (SSSR count). The lowest BCUT2D eigenvalue weighted by molar-refractivity contribution is 0.189. The number of hydrogen-bond acceptors (Lipinski definition) is 1. The highest BCUT2D eigenvalue weighted by atomic mass is 35.5. The highest BCUT2D eigenvalue weighted by Crippen LogP contribution is 2.22. The summed E-state index contributed by atoms with van der Waals surface area (Å²) in [4.78, 5) is 2.49. The Morgan fingerprint density at radius 1 is 1.00 bits per heavy atom. The first-order chi connectivity index (χ1) is 6.38. The molecule has 0 bridgehead atoms. The van der Waals surface area contributed by atoms with Crippen LogP contribution in [0.1, 0.15) is 32.1 Å². The van der Waals surface area contributed by atoms with Crippen molar-refractivity contribution in [2.75, 3.05) is 13.1 Å². The van der Waals surface area contributed by atoms with Gasteiger partial charge in [-0.25, -0.2) is 0 Å². The molecule has 0 aromatic heterocycles. The van der Waals surface area contributed by atoms with Crippen LogP contribution in [0.2, 0.25) is 0 Å². The van der Waals surface area contributed by atoms with E-state index in [0.29, 0.717) is 0 Å². The van der Waals surface area contributed by atoms with Crippen LogP contribution in [0.25, 0.3) is 0 Å². The predicted molar refractivity (Wildman–Crippen MR) is 66.1 cm³/mol. The van der Waals surface area contributed by atoms with Crippen molar-refractivity contribution in [2.24, 2.45) is 0 Å². The lowest BCUT2D eigenvalue weighted by Gasteiger charge is -2.32. The van der Waals surface area contributed by atoms with Gasteiger partial charge in [-0.15, -0.1) is 25.6 Å². The van der Waals surface area contributed by atoms with Gasteiger partial charge in [-0.1, -0.05) is 31.4 Å². The Morgan fingerprint density at radius 2 is 1.50 bits per heavy atom. The normalized spacial score (nSPS) is 17.5. The maximum Gasteiger partial charge on any atom is 0.0166 e. The smallest absolute Gasteiger partial charge is 0.0166 e. The van der Waals surface area contributed by atoms with Crippen LogP contribution in [0.15, 0.2) is 25.3 Å². The third kappa shape index (κ3) is 4.30. The molecular weight excluding hydrogens is 194 g/mol. The van der Waals surface area contributed by atoms with Crippen molar-refractivity contribution in [1.82, 2.24) is 4.90 Å². The Hall–Kier alpha value is -0.270. The van der Waals surface area contributed by atoms with E-state index in [1.165, 1.54) is 32.1 Å². The first-order valence-electron chi connectivity index (χ1n) is 5.34. The minimum Gasteiger partial charge on any atom is -0.293 e. The Labute approximate surface area is 94.3 Å². The molecule has 1 nitrogen and oxygen atoms in total. The average Bonchev–Trinajstić information content (AvgIpc) is 2.19. The summed E-state index contributed by atoms with van der Waals surface area (Å²) in [7, 11) is 0. The Bertz CT molecular complexity index is 152. The molecule has 0 aliphatic heterocycles. The number of halogens is 1. The van der Waals surface area contributed by atoms with Crippen molar-refractivity contribution < 1.29 is 0 Å². The molecule has 1 saturated carbocycles. The summed E-state index contributed by atoms with van der Waals surface area (Å²) in [5.41, 5.74) is 0. The van der Waals surface area contributed by atoms with Gasteiger partial charge in [-0.2, -0.15) is 0 Å². The van der Waals surface area contributed by atoms with Gasteiger partial charge in [0.1, 0.15) is 0 Å². The van der Waals surface area contributed by atoms with Crippen molar-refractivity contribution in [3.8, 4) is 0 Å². The van der Waals surface area contributed by atoms with E-state index in [1.807, 2.05) is 12.2 Å². The molecule has 1 aliphatic rings. The van der Waals surface area contributed by atoms with Crippen molar-refractivity contribution in [3.63, 3.8) is 0 Å². The van der Waals surface area contributed by atoms with Crippen LogP contribution in [-0.2, 0) is 0 Å². The molecule has 0 aromatic rings. The highest BCUT2D eigenvalue weighted by Gasteiger charge is 2.18. The van der Waals surface area contributed by atoms with E-state index in [-0.39, 0.29) is 12.4 Å². The van der Waals surface area contributed by atoms with E-state index in [4.69, 9.17) is 0 Å². The van der Waals surface area contributed by atoms with Gasteiger partial charge in [0.15, 0.2) is 0 Å². The van der Waals surface area contributed by atoms with Crippen LogP contribution in [0.3, 0.4) is 0 Å². The van der Waals surface area contributed by atoms with E-state index in [1.54, 1.807) is 0 Å². The average molecular weight is 216 g/mol. The minimum absolute atomic E-state index is 0. The number of rotatable bonds is 5. The zero-order chi connectivity index (χ0) is 9.52. The summed E-state index contributed by atoms with van der Waals surface area (Å²) >= 11 is 0. The summed E-state index contributed by atoms with van der Waals surface area (Å²) in [6.07, 6.45) is 10.9. The lowest BCUT2D eigenvalue weighted by atomic mass is 9.94. The standard InChI is InChI=1S/C12H21N.ClH/c1-3-10-13(11-4-2)12-8-6-5-7-9-12;/h3-4,12H,1-2,5-11H2;1H. The second-order valence-electron chi connectivity index (χ2n) is 3.82. The SMILES string of the molecule is C=CCN(CC=C)C1CCCCC1.Cl. The molecule has 82 valence electrons. The maximum absolute atomic E-state index is 3.80. The third-order valence-electron chi connectivity index (χ3n) is 2.82. The third-order valence-corrected chi connectivity index (χ3v) is 2.82. The van der Waals surface area contributed by atoms with E-state index in [9.17, 15) is 0 Å². The summed E-state index contributed by atoms with van der Waals surface area (Å²) in [5, 5.41) is 0. The first kappa shape index (κ1) is 13.7. The lowest BCUT2D eigenvalue weighted by Crippen LogP contribution is -2.36. The molecular formula is C12H22ClN. The van der Waals surface area contributed by atoms with Gasteiger partial charge in [0.05, 0.1) is 0 Å². The molecule has 0 atom stereocenters. The molecule has 2 heteroatoms. The minimum atomic E-state index is 0. The van der Waals surface area contributed by atoms with Crippen LogP contribution in [0.5, 0.6) is 0 Å². The molecule has 0 amide bonds. The van der Waals surface area contributed by atoms with Crippen molar-refractivity contribution in [1.29, 1.82) is 0 Å². The summed E-state index contributed by atoms with van der Waals surface area (Å²) in [6.45, 7) is 9.62. The summed E-state index contributed by atoms with van der Waals surface area (Å²) in [6, 6.07) is 0.782. The fourth-order valence-corrected chi connectivity index (χ4v) is 2.15. The Kier molecular flexibility index (Phi) is 7.92. The molecule has 0 spiro atoms. The second-order valence-corrected chi connectivity index (χ2v) is 3.82. The van der Waals surface area contributed by atoms with Crippen LogP contribution in [0.4, 0.5) is 0 Å². The largest absolute Gasteiger partial charge is 0.293 e. The monoisotopic (exact) mass is 215 g/mol. The van der Waals surface area contributed by atoms with E-state index < -0.39 is 0 Å². The molecule has 0 N–H and O–H groups in total. The van der Waals surface area contributed by atoms with E-state index >= 15 is 0 Å². The van der Waals surface area contributed by atoms with Crippen LogP contribution >= 0.6 is 12.4 Å². The van der Waals surface area contributed by atoms with Gasteiger partial charge in [0.25, 0.3) is 0 Å². The maximum atomic E-state index is 3.80. The van der Waals surface area contributed by atoms with Crippen LogP contribution < -0.4 is 0 Å². The molecule has 0 saturated heterocycles. The summed E-state index contributed by atoms with van der Waals surface area (Å²) in [5.74, 6) is 0. The Balaban J connectivity index is 0.00000169. The molecule has 1 fully saturated rings. The highest BCUT2D eigenvalue weighted by molar-refractivity contribution is 5.85. The molecule has 0 unspecified atom stereocenters. The Morgan fingerprint density at radius 3 is 1.93 bits per heavy atom. The predicted octanol–water partition coefficient (Wildman–Crippen LogP) is 3.41. The number of nitrogens with zero attached hydrogens (tertiary/aromatic N) is 1. The first-order valence-corrected chi connectivity index (χ1v) is 5.34. The quantitative estimate of drug-likeness (QED) is 0.636. The van der Waals surface area contributed by atoms with Crippen molar-refractivity contribution in [2.45, 2.75) is 38.1 Å². The zero-order valence-electron chi connectivity index (χ0n) is 8.95. The van der Waals surface area contributed by atoms with Crippen LogP contribution in [-0.4, -0.2) is 24.0 Å². The molecule has 1 aliphatic carbocycles. The summed E-state index contributed by atoms with van der Waals surface area (Å²) < 4.78 is 0. The topological polar surface area (TPSA) is 3.24 Å². The van der Waals surface area contributed by atoms with Crippen molar-refractivity contribution >= 4 is 12.4 Å². The number of hydrogen-bond donors (Lipinski definition) is 0. The zero-order valence-corrected chi connectivity index (χ0v) is 9.77. The molecule has 0 heterocycles. The van der Waals surface area contributed by atoms with E-state index in [2.05, 4.69) is 18.1 Å². The molecule has 0 radical (unpaired) electrons. The van der Waals surface area contributed by atoms with Gasteiger partial charge in [0, 0.05) is 19.1 Å². The molecule has 0 aromatic carbocycles. The van der Waals surface area contributed by atoms with Gasteiger partial charge < -0.3 is 0 Å². The molecule has 14 heavy (non-hydrogen) atoms.